The van der Waals surface area contributed by atoms with Crippen molar-refractivity contribution in [2.45, 2.75) is 17.9 Å². The first kappa shape index (κ1) is 18.5. The molecular weight excluding hydrogens is 346 g/mol. The zero-order valence-corrected chi connectivity index (χ0v) is 16.1. The Hall–Kier alpha value is -2.31. The molecule has 0 aliphatic rings. The number of rotatable bonds is 8. The fourth-order valence-electron chi connectivity index (χ4n) is 2.72. The highest BCUT2D eigenvalue weighted by Gasteiger charge is 2.10. The molecule has 0 saturated carbocycles. The number of hydrogen-bond acceptors (Lipinski definition) is 6. The quantitative estimate of drug-likeness (QED) is 0.556. The molecule has 0 bridgehead atoms. The molecule has 2 aromatic carbocycles. The molecule has 0 aliphatic carbocycles. The fourth-order valence-corrected chi connectivity index (χ4v) is 3.26. The highest BCUT2D eigenvalue weighted by molar-refractivity contribution is 7.98. The summed E-state index contributed by atoms with van der Waals surface area (Å²) in [6.07, 6.45) is 2.77. The average molecular weight is 369 g/mol. The highest BCUT2D eigenvalue weighted by Crippen LogP contribution is 2.28. The predicted octanol–water partition coefficient (Wildman–Crippen LogP) is 4.14. The van der Waals surface area contributed by atoms with Gasteiger partial charge < -0.3 is 14.2 Å². The smallest absolute Gasteiger partial charge is 0.228 e. The zero-order valence-electron chi connectivity index (χ0n) is 15.3. The van der Waals surface area contributed by atoms with E-state index in [1.54, 1.807) is 18.9 Å². The van der Waals surface area contributed by atoms with Gasteiger partial charge in [-0.3, -0.25) is 0 Å². The molecule has 5 nitrogen and oxygen atoms in total. The second-order valence-corrected chi connectivity index (χ2v) is 6.90. The molecule has 1 aromatic heterocycles. The minimum absolute atomic E-state index is 0.639. The zero-order chi connectivity index (χ0) is 18.4. The van der Waals surface area contributed by atoms with Gasteiger partial charge in [0, 0.05) is 30.0 Å². The van der Waals surface area contributed by atoms with E-state index in [-0.39, 0.29) is 0 Å². The third-order valence-corrected chi connectivity index (χ3v) is 4.89. The summed E-state index contributed by atoms with van der Waals surface area (Å²) in [5, 5.41) is 4.07. The topological polar surface area (TPSA) is 51.4 Å². The number of thioether (sulfide) groups is 1. The Kier molecular flexibility index (Phi) is 6.30. The molecule has 0 N–H and O–H groups in total. The van der Waals surface area contributed by atoms with Gasteiger partial charge in [-0.2, -0.15) is 4.98 Å². The minimum atomic E-state index is 0.639. The van der Waals surface area contributed by atoms with E-state index in [4.69, 9.17) is 9.26 Å². The molecule has 0 atom stereocenters. The van der Waals surface area contributed by atoms with Crippen LogP contribution in [0.2, 0.25) is 0 Å². The number of hydrogen-bond donors (Lipinski definition) is 0. The summed E-state index contributed by atoms with van der Waals surface area (Å²) >= 11 is 1.69. The molecule has 0 fully saturated rings. The van der Waals surface area contributed by atoms with Gasteiger partial charge in [-0.05, 0) is 31.0 Å². The molecule has 0 aliphatic heterocycles. The number of benzene rings is 2. The summed E-state index contributed by atoms with van der Waals surface area (Å²) in [5.41, 5.74) is 2.19. The molecule has 0 spiro atoms. The summed E-state index contributed by atoms with van der Waals surface area (Å²) in [7, 11) is 3.80. The van der Waals surface area contributed by atoms with Gasteiger partial charge >= 0.3 is 0 Å². The van der Waals surface area contributed by atoms with Crippen molar-refractivity contribution in [3.05, 3.63) is 60.0 Å². The van der Waals surface area contributed by atoms with Crippen molar-refractivity contribution in [1.82, 2.24) is 15.0 Å². The van der Waals surface area contributed by atoms with Crippen molar-refractivity contribution in [1.29, 1.82) is 0 Å². The lowest BCUT2D eigenvalue weighted by Gasteiger charge is -2.16. The molecule has 3 aromatic rings. The second-order valence-electron chi connectivity index (χ2n) is 6.05. The van der Waals surface area contributed by atoms with Crippen LogP contribution in [0.3, 0.4) is 0 Å². The van der Waals surface area contributed by atoms with E-state index in [0.717, 1.165) is 35.7 Å². The number of aromatic nitrogens is 2. The van der Waals surface area contributed by atoms with Gasteiger partial charge in [0.05, 0.1) is 7.11 Å². The maximum atomic E-state index is 5.46. The van der Waals surface area contributed by atoms with Crippen LogP contribution in [0.4, 0.5) is 0 Å². The van der Waals surface area contributed by atoms with Gasteiger partial charge in [0.25, 0.3) is 0 Å². The Balaban J connectivity index is 1.56. The van der Waals surface area contributed by atoms with Crippen molar-refractivity contribution >= 4 is 11.8 Å². The molecular formula is C20H23N3O2S. The van der Waals surface area contributed by atoms with Crippen LogP contribution >= 0.6 is 11.8 Å². The lowest BCUT2D eigenvalue weighted by Crippen LogP contribution is -2.20. The van der Waals surface area contributed by atoms with Crippen molar-refractivity contribution in [2.24, 2.45) is 0 Å². The first-order valence-electron chi connectivity index (χ1n) is 8.47. The predicted molar refractivity (Wildman–Crippen MR) is 105 cm³/mol. The van der Waals surface area contributed by atoms with Crippen LogP contribution in [-0.2, 0) is 13.0 Å². The van der Waals surface area contributed by atoms with Crippen LogP contribution < -0.4 is 4.74 Å². The number of methoxy groups -OCH3 is 1. The number of likely N-dealkylation sites (N-methyl/N-ethyl adjacent to an activating group) is 1. The van der Waals surface area contributed by atoms with Crippen molar-refractivity contribution < 1.29 is 9.26 Å². The van der Waals surface area contributed by atoms with E-state index in [0.29, 0.717) is 11.7 Å². The molecule has 0 unspecified atom stereocenters. The standard InChI is InChI=1S/C20H23N3O2S/c1-23(14-15-9-10-18(26-3)17(13-15)24-2)12-11-19-21-20(22-25-19)16-7-5-4-6-8-16/h4-10,13H,11-12,14H2,1-3H3. The molecule has 26 heavy (non-hydrogen) atoms. The Morgan fingerprint density at radius 3 is 2.69 bits per heavy atom. The van der Waals surface area contributed by atoms with Crippen LogP contribution in [0.5, 0.6) is 5.75 Å². The van der Waals surface area contributed by atoms with Crippen molar-refractivity contribution in [3.8, 4) is 17.1 Å². The summed E-state index contributed by atoms with van der Waals surface area (Å²) in [6.45, 7) is 1.67. The SMILES string of the molecule is COc1cc(CN(C)CCc2nc(-c3ccccc3)no2)ccc1SC. The third kappa shape index (κ3) is 4.65. The molecule has 0 amide bonds. The molecule has 0 saturated heterocycles. The Bertz CT molecular complexity index is 836. The lowest BCUT2D eigenvalue weighted by atomic mass is 10.2. The molecule has 0 radical (unpaired) electrons. The fraction of sp³-hybridized carbons (Fsp3) is 0.300. The van der Waals surface area contributed by atoms with Crippen LogP contribution in [0.25, 0.3) is 11.4 Å². The van der Waals surface area contributed by atoms with E-state index in [9.17, 15) is 0 Å². The van der Waals surface area contributed by atoms with E-state index in [2.05, 4.69) is 46.5 Å². The summed E-state index contributed by atoms with van der Waals surface area (Å²) in [5.74, 6) is 2.22. The Morgan fingerprint density at radius 1 is 1.15 bits per heavy atom. The summed E-state index contributed by atoms with van der Waals surface area (Å²) < 4.78 is 10.8. The van der Waals surface area contributed by atoms with Crippen LogP contribution in [0.1, 0.15) is 11.5 Å². The molecule has 1 heterocycles. The monoisotopic (exact) mass is 369 g/mol. The normalized spacial score (nSPS) is 11.1. The number of ether oxygens (including phenoxy) is 1. The van der Waals surface area contributed by atoms with Gasteiger partial charge in [0.2, 0.25) is 11.7 Å². The van der Waals surface area contributed by atoms with E-state index >= 15 is 0 Å². The number of nitrogens with zero attached hydrogens (tertiary/aromatic N) is 3. The maximum absolute atomic E-state index is 5.46. The Morgan fingerprint density at radius 2 is 1.96 bits per heavy atom. The van der Waals surface area contributed by atoms with Crippen molar-refractivity contribution in [3.63, 3.8) is 0 Å². The van der Waals surface area contributed by atoms with Gasteiger partial charge in [-0.1, -0.05) is 41.6 Å². The van der Waals surface area contributed by atoms with Gasteiger partial charge in [-0.25, -0.2) is 0 Å². The van der Waals surface area contributed by atoms with E-state index in [1.165, 1.54) is 5.56 Å². The van der Waals surface area contributed by atoms with Crippen LogP contribution in [0.15, 0.2) is 57.9 Å². The maximum Gasteiger partial charge on any atom is 0.228 e. The summed E-state index contributed by atoms with van der Waals surface area (Å²) in [6, 6.07) is 16.2. The summed E-state index contributed by atoms with van der Waals surface area (Å²) in [4.78, 5) is 7.87. The lowest BCUT2D eigenvalue weighted by molar-refractivity contribution is 0.303. The van der Waals surface area contributed by atoms with Crippen LogP contribution in [-0.4, -0.2) is 42.0 Å². The van der Waals surface area contributed by atoms with Gasteiger partial charge in [-0.15, -0.1) is 11.8 Å². The van der Waals surface area contributed by atoms with Gasteiger partial charge in [0.15, 0.2) is 0 Å². The first-order valence-corrected chi connectivity index (χ1v) is 9.69. The first-order chi connectivity index (χ1) is 12.7. The minimum Gasteiger partial charge on any atom is -0.496 e. The average Bonchev–Trinajstić information content (AvgIpc) is 3.16. The second kappa shape index (κ2) is 8.87. The molecule has 136 valence electrons. The largest absolute Gasteiger partial charge is 0.496 e. The molecule has 3 rings (SSSR count). The molecule has 6 heteroatoms. The van der Waals surface area contributed by atoms with Crippen LogP contribution in [0, 0.1) is 0 Å². The third-order valence-electron chi connectivity index (χ3n) is 4.11. The van der Waals surface area contributed by atoms with Crippen molar-refractivity contribution in [2.75, 3.05) is 27.0 Å². The Labute approximate surface area is 158 Å². The van der Waals surface area contributed by atoms with E-state index < -0.39 is 0 Å². The van der Waals surface area contributed by atoms with E-state index in [1.807, 2.05) is 30.3 Å². The van der Waals surface area contributed by atoms with Gasteiger partial charge in [0.1, 0.15) is 5.75 Å². The highest BCUT2D eigenvalue weighted by atomic mass is 32.2.